The Labute approximate surface area is 96.2 Å². The van der Waals surface area contributed by atoms with Crippen LogP contribution in [0.15, 0.2) is 12.3 Å². The van der Waals surface area contributed by atoms with Crippen molar-refractivity contribution in [3.05, 3.63) is 18.0 Å². The van der Waals surface area contributed by atoms with Gasteiger partial charge in [0, 0.05) is 25.6 Å². The Morgan fingerprint density at radius 1 is 1.50 bits per heavy atom. The lowest BCUT2D eigenvalue weighted by atomic mass is 9.85. The number of hydrogen-bond donors (Lipinski definition) is 1. The molecule has 1 N–H and O–H groups in total. The van der Waals surface area contributed by atoms with Gasteiger partial charge in [-0.2, -0.15) is 5.10 Å². The highest BCUT2D eigenvalue weighted by Crippen LogP contribution is 2.37. The second kappa shape index (κ2) is 4.18. The molecule has 4 nitrogen and oxygen atoms in total. The van der Waals surface area contributed by atoms with Gasteiger partial charge in [0.15, 0.2) is 0 Å². The van der Waals surface area contributed by atoms with Gasteiger partial charge in [-0.1, -0.05) is 0 Å². The van der Waals surface area contributed by atoms with Gasteiger partial charge in [0.1, 0.15) is 5.60 Å². The van der Waals surface area contributed by atoms with Crippen LogP contribution < -0.4 is 0 Å². The molecule has 0 spiro atoms. The van der Waals surface area contributed by atoms with Crippen LogP contribution >= 0.6 is 0 Å². The van der Waals surface area contributed by atoms with Crippen LogP contribution in [0.4, 0.5) is 0 Å². The molecule has 0 aliphatic carbocycles. The van der Waals surface area contributed by atoms with Crippen molar-refractivity contribution in [3.63, 3.8) is 0 Å². The second-order valence-electron chi connectivity index (χ2n) is 4.73. The van der Waals surface area contributed by atoms with Crippen LogP contribution in [0.25, 0.3) is 0 Å². The molecule has 2 heterocycles. The van der Waals surface area contributed by atoms with Crippen LogP contribution in [0.3, 0.4) is 0 Å². The smallest absolute Gasteiger partial charge is 0.111 e. The summed E-state index contributed by atoms with van der Waals surface area (Å²) < 4.78 is 7.53. The van der Waals surface area contributed by atoms with Crippen molar-refractivity contribution in [1.82, 2.24) is 9.78 Å². The summed E-state index contributed by atoms with van der Waals surface area (Å²) in [6.07, 6.45) is 3.22. The largest absolute Gasteiger partial charge is 0.383 e. The zero-order chi connectivity index (χ0) is 11.8. The molecular formula is C12H20N2O2. The Hall–Kier alpha value is -0.870. The third kappa shape index (κ3) is 1.99. The number of aryl methyl sites for hydroxylation is 1. The fourth-order valence-corrected chi connectivity index (χ4v) is 2.72. The molecule has 16 heavy (non-hydrogen) atoms. The highest BCUT2D eigenvalue weighted by molar-refractivity contribution is 5.14. The maximum atomic E-state index is 10.7. The first-order chi connectivity index (χ1) is 7.55. The monoisotopic (exact) mass is 224 g/mol. The fraction of sp³-hybridized carbons (Fsp3) is 0.750. The molecule has 0 saturated carbocycles. The molecule has 0 aromatic carbocycles. The molecule has 2 unspecified atom stereocenters. The predicted molar refractivity (Wildman–Crippen MR) is 61.0 cm³/mol. The summed E-state index contributed by atoms with van der Waals surface area (Å²) in [6, 6.07) is 1.91. The van der Waals surface area contributed by atoms with Crippen molar-refractivity contribution in [1.29, 1.82) is 0 Å². The maximum Gasteiger partial charge on any atom is 0.111 e. The average Bonchev–Trinajstić information content (AvgIpc) is 2.63. The molecule has 2 atom stereocenters. The van der Waals surface area contributed by atoms with Gasteiger partial charge in [0.25, 0.3) is 0 Å². The van der Waals surface area contributed by atoms with Gasteiger partial charge in [0.05, 0.1) is 17.9 Å². The van der Waals surface area contributed by atoms with Crippen LogP contribution in [-0.2, 0) is 16.9 Å². The van der Waals surface area contributed by atoms with E-state index in [9.17, 15) is 5.11 Å². The summed E-state index contributed by atoms with van der Waals surface area (Å²) in [5, 5.41) is 15.0. The van der Waals surface area contributed by atoms with Gasteiger partial charge < -0.3 is 9.84 Å². The second-order valence-corrected chi connectivity index (χ2v) is 4.73. The highest BCUT2D eigenvalue weighted by atomic mass is 16.5. The van der Waals surface area contributed by atoms with E-state index < -0.39 is 5.60 Å². The van der Waals surface area contributed by atoms with Crippen molar-refractivity contribution in [3.8, 4) is 0 Å². The number of rotatable bonds is 2. The van der Waals surface area contributed by atoms with Gasteiger partial charge in [-0.25, -0.2) is 0 Å². The minimum Gasteiger partial charge on any atom is -0.383 e. The molecule has 4 heteroatoms. The van der Waals surface area contributed by atoms with Gasteiger partial charge in [-0.3, -0.25) is 4.68 Å². The van der Waals surface area contributed by atoms with Crippen molar-refractivity contribution < 1.29 is 9.84 Å². The number of ether oxygens (including phenoxy) is 1. The van der Waals surface area contributed by atoms with E-state index in [1.54, 1.807) is 6.20 Å². The fourth-order valence-electron chi connectivity index (χ4n) is 2.72. The molecule has 1 saturated heterocycles. The minimum atomic E-state index is -0.788. The van der Waals surface area contributed by atoms with Crippen LogP contribution in [0, 0.1) is 0 Å². The minimum absolute atomic E-state index is 0.0916. The topological polar surface area (TPSA) is 47.3 Å². The first kappa shape index (κ1) is 11.6. The van der Waals surface area contributed by atoms with Crippen LogP contribution in [0.5, 0.6) is 0 Å². The van der Waals surface area contributed by atoms with Gasteiger partial charge in [-0.05, 0) is 26.8 Å². The maximum absolute atomic E-state index is 10.7. The summed E-state index contributed by atoms with van der Waals surface area (Å²) in [5.74, 6) is 0. The molecule has 90 valence electrons. The Morgan fingerprint density at radius 3 is 2.69 bits per heavy atom. The number of nitrogens with zero attached hydrogens (tertiary/aromatic N) is 2. The molecule has 0 amide bonds. The first-order valence-electron chi connectivity index (χ1n) is 5.95. The lowest BCUT2D eigenvalue weighted by molar-refractivity contribution is -0.139. The Bertz CT molecular complexity index is 352. The number of hydrogen-bond acceptors (Lipinski definition) is 3. The molecule has 1 aromatic rings. The SMILES string of the molecule is CCn1nccc1C1(O)CC(C)OC(C)C1. The highest BCUT2D eigenvalue weighted by Gasteiger charge is 2.40. The van der Waals surface area contributed by atoms with Crippen LogP contribution in [0.1, 0.15) is 39.3 Å². The summed E-state index contributed by atoms with van der Waals surface area (Å²) in [6.45, 7) is 6.83. The van der Waals surface area contributed by atoms with E-state index in [4.69, 9.17) is 4.74 Å². The van der Waals surface area contributed by atoms with Gasteiger partial charge in [0.2, 0.25) is 0 Å². The van der Waals surface area contributed by atoms with E-state index in [-0.39, 0.29) is 12.2 Å². The van der Waals surface area contributed by atoms with Crippen molar-refractivity contribution in [2.75, 3.05) is 0 Å². The molecular weight excluding hydrogens is 204 g/mol. The zero-order valence-electron chi connectivity index (χ0n) is 10.2. The predicted octanol–water partition coefficient (Wildman–Crippen LogP) is 1.68. The van der Waals surface area contributed by atoms with E-state index in [2.05, 4.69) is 5.10 Å². The molecule has 1 aliphatic rings. The van der Waals surface area contributed by atoms with Crippen molar-refractivity contribution in [2.24, 2.45) is 0 Å². The quantitative estimate of drug-likeness (QED) is 0.831. The standard InChI is InChI=1S/C12H20N2O2/c1-4-14-11(5-6-13-14)12(15)7-9(2)16-10(3)8-12/h5-6,9-10,15H,4,7-8H2,1-3H3. The van der Waals surface area contributed by atoms with E-state index in [0.717, 1.165) is 12.2 Å². The summed E-state index contributed by atoms with van der Waals surface area (Å²) in [5.41, 5.74) is 0.126. The summed E-state index contributed by atoms with van der Waals surface area (Å²) >= 11 is 0. The summed E-state index contributed by atoms with van der Waals surface area (Å²) in [7, 11) is 0. The lowest BCUT2D eigenvalue weighted by Gasteiger charge is -2.39. The normalized spacial score (nSPS) is 35.2. The van der Waals surface area contributed by atoms with E-state index in [0.29, 0.717) is 12.8 Å². The van der Waals surface area contributed by atoms with Gasteiger partial charge >= 0.3 is 0 Å². The number of aromatic nitrogens is 2. The Kier molecular flexibility index (Phi) is 3.04. The summed E-state index contributed by atoms with van der Waals surface area (Å²) in [4.78, 5) is 0. The van der Waals surface area contributed by atoms with Crippen molar-refractivity contribution >= 4 is 0 Å². The molecule has 1 aromatic heterocycles. The third-order valence-electron chi connectivity index (χ3n) is 3.21. The molecule has 0 radical (unpaired) electrons. The molecule has 1 aliphatic heterocycles. The molecule has 1 fully saturated rings. The Balaban J connectivity index is 2.30. The van der Waals surface area contributed by atoms with Crippen molar-refractivity contribution in [2.45, 2.75) is 58.0 Å². The van der Waals surface area contributed by atoms with E-state index in [1.807, 2.05) is 31.5 Å². The zero-order valence-corrected chi connectivity index (χ0v) is 10.2. The van der Waals surface area contributed by atoms with Crippen LogP contribution in [-0.4, -0.2) is 27.1 Å². The average molecular weight is 224 g/mol. The molecule has 2 rings (SSSR count). The van der Waals surface area contributed by atoms with E-state index in [1.165, 1.54) is 0 Å². The Morgan fingerprint density at radius 2 is 2.12 bits per heavy atom. The van der Waals surface area contributed by atoms with E-state index >= 15 is 0 Å². The first-order valence-corrected chi connectivity index (χ1v) is 5.95. The molecule has 0 bridgehead atoms. The van der Waals surface area contributed by atoms with Gasteiger partial charge in [-0.15, -0.1) is 0 Å². The third-order valence-corrected chi connectivity index (χ3v) is 3.21. The van der Waals surface area contributed by atoms with Crippen LogP contribution in [0.2, 0.25) is 0 Å². The number of aliphatic hydroxyl groups is 1. The lowest BCUT2D eigenvalue weighted by Crippen LogP contribution is -2.42.